The summed E-state index contributed by atoms with van der Waals surface area (Å²) in [5.41, 5.74) is 6.13. The van der Waals surface area contributed by atoms with Crippen molar-refractivity contribution in [2.75, 3.05) is 17.7 Å². The Morgan fingerprint density at radius 3 is 2.86 bits per heavy atom. The Labute approximate surface area is 124 Å². The second-order valence-corrected chi connectivity index (χ2v) is 5.52. The molecule has 1 aromatic carbocycles. The lowest BCUT2D eigenvalue weighted by atomic mass is 9.98. The fourth-order valence-electron chi connectivity index (χ4n) is 2.57. The summed E-state index contributed by atoms with van der Waals surface area (Å²) in [7, 11) is 0. The largest absolute Gasteiger partial charge is 0.399 e. The quantitative estimate of drug-likeness (QED) is 0.623. The number of ether oxygens (including phenoxy) is 1. The number of amides is 1. The van der Waals surface area contributed by atoms with Crippen LogP contribution in [0.1, 0.15) is 44.9 Å². The van der Waals surface area contributed by atoms with E-state index in [-0.39, 0.29) is 11.6 Å². The van der Waals surface area contributed by atoms with Gasteiger partial charge in [0.1, 0.15) is 5.82 Å². The molecule has 4 nitrogen and oxygen atoms in total. The molecule has 1 aromatic rings. The molecule has 0 unspecified atom stereocenters. The van der Waals surface area contributed by atoms with Crippen molar-refractivity contribution in [2.45, 2.75) is 51.0 Å². The van der Waals surface area contributed by atoms with Crippen molar-refractivity contribution in [3.63, 3.8) is 0 Å². The predicted molar refractivity (Wildman–Crippen MR) is 81.5 cm³/mol. The van der Waals surface area contributed by atoms with Crippen LogP contribution in [-0.4, -0.2) is 18.6 Å². The number of nitrogen functional groups attached to an aromatic ring is 1. The number of carbonyl (C=O) groups excluding carboxylic acids is 1. The van der Waals surface area contributed by atoms with Crippen LogP contribution in [-0.2, 0) is 9.53 Å². The van der Waals surface area contributed by atoms with Crippen molar-refractivity contribution in [3.8, 4) is 0 Å². The van der Waals surface area contributed by atoms with Gasteiger partial charge in [-0.3, -0.25) is 4.79 Å². The van der Waals surface area contributed by atoms with E-state index < -0.39 is 5.82 Å². The molecule has 116 valence electrons. The zero-order chi connectivity index (χ0) is 15.1. The highest BCUT2D eigenvalue weighted by Crippen LogP contribution is 2.21. The SMILES string of the molecule is Nc1ccc(F)c(NC(=O)CCCOC2CCCCC2)c1. The number of benzene rings is 1. The Balaban J connectivity index is 1.66. The highest BCUT2D eigenvalue weighted by atomic mass is 19.1. The minimum absolute atomic E-state index is 0.133. The van der Waals surface area contributed by atoms with Gasteiger partial charge in [-0.2, -0.15) is 0 Å². The van der Waals surface area contributed by atoms with E-state index in [9.17, 15) is 9.18 Å². The van der Waals surface area contributed by atoms with Crippen LogP contribution in [0.15, 0.2) is 18.2 Å². The van der Waals surface area contributed by atoms with E-state index in [2.05, 4.69) is 5.32 Å². The smallest absolute Gasteiger partial charge is 0.224 e. The lowest BCUT2D eigenvalue weighted by molar-refractivity contribution is -0.116. The summed E-state index contributed by atoms with van der Waals surface area (Å²) in [5.74, 6) is -0.692. The molecule has 1 aliphatic rings. The van der Waals surface area contributed by atoms with Crippen LogP contribution in [0.4, 0.5) is 15.8 Å². The van der Waals surface area contributed by atoms with Gasteiger partial charge in [0, 0.05) is 18.7 Å². The van der Waals surface area contributed by atoms with E-state index in [4.69, 9.17) is 10.5 Å². The molecular formula is C16H23FN2O2. The van der Waals surface area contributed by atoms with Crippen LogP contribution in [0.5, 0.6) is 0 Å². The first kappa shape index (κ1) is 15.8. The standard InChI is InChI=1S/C16H23FN2O2/c17-14-9-8-12(18)11-15(14)19-16(20)7-4-10-21-13-5-2-1-3-6-13/h8-9,11,13H,1-7,10,18H2,(H,19,20). The van der Waals surface area contributed by atoms with Gasteiger partial charge in [0.15, 0.2) is 0 Å². The Hall–Kier alpha value is -1.62. The van der Waals surface area contributed by atoms with Crippen LogP contribution >= 0.6 is 0 Å². The third kappa shape index (κ3) is 5.34. The number of nitrogens with one attached hydrogen (secondary N) is 1. The molecule has 21 heavy (non-hydrogen) atoms. The lowest BCUT2D eigenvalue weighted by Crippen LogP contribution is -2.18. The second-order valence-electron chi connectivity index (χ2n) is 5.52. The molecular weight excluding hydrogens is 271 g/mol. The predicted octanol–water partition coefficient (Wildman–Crippen LogP) is 3.48. The third-order valence-corrected chi connectivity index (χ3v) is 3.72. The maximum Gasteiger partial charge on any atom is 0.224 e. The second kappa shape index (κ2) is 7.98. The lowest BCUT2D eigenvalue weighted by Gasteiger charge is -2.21. The number of carbonyl (C=O) groups is 1. The summed E-state index contributed by atoms with van der Waals surface area (Å²) < 4.78 is 19.2. The molecule has 1 amide bonds. The Morgan fingerprint density at radius 1 is 1.33 bits per heavy atom. The van der Waals surface area contributed by atoms with Crippen molar-refractivity contribution in [3.05, 3.63) is 24.0 Å². The Bertz CT molecular complexity index is 473. The van der Waals surface area contributed by atoms with Crippen LogP contribution in [0.3, 0.4) is 0 Å². The summed E-state index contributed by atoms with van der Waals surface area (Å²) in [4.78, 5) is 11.8. The Kier molecular flexibility index (Phi) is 5.99. The average molecular weight is 294 g/mol. The van der Waals surface area contributed by atoms with Crippen LogP contribution in [0.25, 0.3) is 0 Å². The van der Waals surface area contributed by atoms with Crippen molar-refractivity contribution in [1.82, 2.24) is 0 Å². The number of hydrogen-bond donors (Lipinski definition) is 2. The normalized spacial score (nSPS) is 15.9. The van der Waals surface area contributed by atoms with E-state index in [1.165, 1.54) is 37.5 Å². The molecule has 0 saturated heterocycles. The monoisotopic (exact) mass is 294 g/mol. The van der Waals surface area contributed by atoms with Gasteiger partial charge >= 0.3 is 0 Å². The highest BCUT2D eigenvalue weighted by molar-refractivity contribution is 5.91. The molecule has 0 bridgehead atoms. The zero-order valence-electron chi connectivity index (χ0n) is 12.2. The number of nitrogens with two attached hydrogens (primary N) is 1. The van der Waals surface area contributed by atoms with Gasteiger partial charge in [0.2, 0.25) is 5.91 Å². The van der Waals surface area contributed by atoms with E-state index in [1.54, 1.807) is 0 Å². The molecule has 0 heterocycles. The summed E-state index contributed by atoms with van der Waals surface area (Å²) in [6.07, 6.45) is 7.34. The number of hydrogen-bond acceptors (Lipinski definition) is 3. The van der Waals surface area contributed by atoms with Crippen LogP contribution in [0, 0.1) is 5.82 Å². The summed E-state index contributed by atoms with van der Waals surface area (Å²) in [5, 5.41) is 2.54. The van der Waals surface area contributed by atoms with Gasteiger partial charge in [-0.15, -0.1) is 0 Å². The topological polar surface area (TPSA) is 64.3 Å². The maximum atomic E-state index is 13.5. The van der Waals surface area contributed by atoms with Crippen molar-refractivity contribution >= 4 is 17.3 Å². The maximum absolute atomic E-state index is 13.5. The number of rotatable bonds is 6. The fourth-order valence-corrected chi connectivity index (χ4v) is 2.57. The first-order chi connectivity index (χ1) is 10.1. The van der Waals surface area contributed by atoms with Gasteiger partial charge < -0.3 is 15.8 Å². The molecule has 1 fully saturated rings. The first-order valence-electron chi connectivity index (χ1n) is 7.61. The molecule has 1 aliphatic carbocycles. The summed E-state index contributed by atoms with van der Waals surface area (Å²) in [6, 6.07) is 4.13. The zero-order valence-corrected chi connectivity index (χ0v) is 12.2. The molecule has 1 saturated carbocycles. The van der Waals surface area contributed by atoms with E-state index in [0.29, 0.717) is 31.2 Å². The molecule has 2 rings (SSSR count). The van der Waals surface area contributed by atoms with Crippen LogP contribution < -0.4 is 11.1 Å². The molecule has 0 spiro atoms. The molecule has 0 radical (unpaired) electrons. The molecule has 3 N–H and O–H groups in total. The van der Waals surface area contributed by atoms with Crippen molar-refractivity contribution in [2.24, 2.45) is 0 Å². The third-order valence-electron chi connectivity index (χ3n) is 3.72. The van der Waals surface area contributed by atoms with E-state index in [0.717, 1.165) is 12.8 Å². The minimum atomic E-state index is -0.476. The average Bonchev–Trinajstić information content (AvgIpc) is 2.48. The summed E-state index contributed by atoms with van der Waals surface area (Å²) in [6.45, 7) is 0.581. The molecule has 5 heteroatoms. The van der Waals surface area contributed by atoms with Gasteiger partial charge in [0.25, 0.3) is 0 Å². The van der Waals surface area contributed by atoms with Gasteiger partial charge in [-0.1, -0.05) is 19.3 Å². The molecule has 0 atom stereocenters. The number of halogens is 1. The van der Waals surface area contributed by atoms with Crippen molar-refractivity contribution in [1.29, 1.82) is 0 Å². The fraction of sp³-hybridized carbons (Fsp3) is 0.562. The molecule has 0 aromatic heterocycles. The van der Waals surface area contributed by atoms with Gasteiger partial charge in [0.05, 0.1) is 11.8 Å². The van der Waals surface area contributed by atoms with E-state index >= 15 is 0 Å². The summed E-state index contributed by atoms with van der Waals surface area (Å²) >= 11 is 0. The van der Waals surface area contributed by atoms with E-state index in [1.807, 2.05) is 0 Å². The highest BCUT2D eigenvalue weighted by Gasteiger charge is 2.13. The minimum Gasteiger partial charge on any atom is -0.399 e. The van der Waals surface area contributed by atoms with Crippen LogP contribution in [0.2, 0.25) is 0 Å². The van der Waals surface area contributed by atoms with Gasteiger partial charge in [-0.25, -0.2) is 4.39 Å². The first-order valence-corrected chi connectivity index (χ1v) is 7.61. The number of anilines is 2. The molecule has 0 aliphatic heterocycles. The van der Waals surface area contributed by atoms with Gasteiger partial charge in [-0.05, 0) is 37.5 Å². The Morgan fingerprint density at radius 2 is 2.10 bits per heavy atom. The van der Waals surface area contributed by atoms with Crippen molar-refractivity contribution < 1.29 is 13.9 Å².